The van der Waals surface area contributed by atoms with E-state index in [1.807, 2.05) is 13.0 Å². The number of hydrogen-bond acceptors (Lipinski definition) is 1. The van der Waals surface area contributed by atoms with Crippen LogP contribution in [0.25, 0.3) is 5.57 Å². The van der Waals surface area contributed by atoms with E-state index in [1.165, 1.54) is 11.8 Å². The zero-order valence-electron chi connectivity index (χ0n) is 9.75. The second-order valence-electron chi connectivity index (χ2n) is 4.18. The van der Waals surface area contributed by atoms with Gasteiger partial charge < -0.3 is 5.41 Å². The van der Waals surface area contributed by atoms with Gasteiger partial charge in [0.1, 0.15) is 0 Å². The van der Waals surface area contributed by atoms with Crippen LogP contribution in [0.5, 0.6) is 0 Å². The summed E-state index contributed by atoms with van der Waals surface area (Å²) in [5.41, 5.74) is 3.47. The quantitative estimate of drug-likeness (QED) is 0.713. The lowest BCUT2D eigenvalue weighted by Gasteiger charge is -2.06. The van der Waals surface area contributed by atoms with Gasteiger partial charge in [-0.3, -0.25) is 0 Å². The third kappa shape index (κ3) is 3.35. The molecule has 1 aromatic rings. The van der Waals surface area contributed by atoms with E-state index in [0.29, 0.717) is 5.92 Å². The van der Waals surface area contributed by atoms with Gasteiger partial charge in [-0.2, -0.15) is 0 Å². The fourth-order valence-corrected chi connectivity index (χ4v) is 1.64. The summed E-state index contributed by atoms with van der Waals surface area (Å²) >= 11 is 0. The summed E-state index contributed by atoms with van der Waals surface area (Å²) in [5.74, 6) is 0.694. The molecule has 0 aliphatic carbocycles. The van der Waals surface area contributed by atoms with Crippen LogP contribution in [0, 0.1) is 11.3 Å². The Morgan fingerprint density at radius 2 is 1.87 bits per heavy atom. The lowest BCUT2D eigenvalue weighted by molar-refractivity contribution is 0.647. The minimum atomic E-state index is 0.694. The maximum absolute atomic E-state index is 7.27. The molecule has 0 spiro atoms. The molecule has 0 aliphatic heterocycles. The first-order valence-electron chi connectivity index (χ1n) is 5.43. The van der Waals surface area contributed by atoms with Crippen LogP contribution in [0.3, 0.4) is 0 Å². The van der Waals surface area contributed by atoms with Gasteiger partial charge in [0.25, 0.3) is 0 Å². The Morgan fingerprint density at radius 1 is 1.27 bits per heavy atom. The van der Waals surface area contributed by atoms with E-state index in [1.54, 1.807) is 0 Å². The van der Waals surface area contributed by atoms with Crippen LogP contribution in [0.1, 0.15) is 31.9 Å². The summed E-state index contributed by atoms with van der Waals surface area (Å²) < 4.78 is 0. The van der Waals surface area contributed by atoms with Crippen LogP contribution >= 0.6 is 0 Å². The minimum Gasteiger partial charge on any atom is -0.308 e. The average molecular weight is 201 g/mol. The molecule has 80 valence electrons. The van der Waals surface area contributed by atoms with Crippen molar-refractivity contribution < 1.29 is 0 Å². The molecule has 15 heavy (non-hydrogen) atoms. The van der Waals surface area contributed by atoms with Crippen molar-refractivity contribution >= 4 is 11.8 Å². The minimum absolute atomic E-state index is 0.694. The molecule has 0 atom stereocenters. The summed E-state index contributed by atoms with van der Waals surface area (Å²) in [6.45, 7) is 6.41. The van der Waals surface area contributed by atoms with Gasteiger partial charge in [-0.1, -0.05) is 44.2 Å². The van der Waals surface area contributed by atoms with Crippen LogP contribution in [-0.4, -0.2) is 6.21 Å². The second-order valence-corrected chi connectivity index (χ2v) is 4.18. The largest absolute Gasteiger partial charge is 0.308 e. The van der Waals surface area contributed by atoms with Crippen LogP contribution in [0.2, 0.25) is 0 Å². The number of rotatable bonds is 4. The molecule has 0 aliphatic rings. The van der Waals surface area contributed by atoms with E-state index in [9.17, 15) is 0 Å². The van der Waals surface area contributed by atoms with Gasteiger partial charge in [0.2, 0.25) is 0 Å². The smallest absolute Gasteiger partial charge is 0.0253 e. The summed E-state index contributed by atoms with van der Waals surface area (Å²) in [5, 5.41) is 7.27. The molecule has 0 radical (unpaired) electrons. The van der Waals surface area contributed by atoms with Crippen molar-refractivity contribution in [3.8, 4) is 0 Å². The summed E-state index contributed by atoms with van der Waals surface area (Å²) in [6.07, 6.45) is 4.48. The van der Waals surface area contributed by atoms with Crippen molar-refractivity contribution in [2.24, 2.45) is 5.92 Å². The lowest BCUT2D eigenvalue weighted by atomic mass is 9.99. The Morgan fingerprint density at radius 3 is 2.27 bits per heavy atom. The SMILES string of the molecule is C/C=C(\C=N)c1ccc(CC(C)C)cc1. The van der Waals surface area contributed by atoms with Crippen LogP contribution in [0.15, 0.2) is 30.3 Å². The second kappa shape index (κ2) is 5.50. The molecular formula is C14H19N. The standard InChI is InChI=1S/C14H19N/c1-4-13(10-15)14-7-5-12(6-8-14)9-11(2)3/h4-8,10-11,15H,9H2,1-3H3/b13-4+,15-10?. The molecular weight excluding hydrogens is 182 g/mol. The van der Waals surface area contributed by atoms with Crippen molar-refractivity contribution in [3.63, 3.8) is 0 Å². The molecule has 1 rings (SSSR count). The van der Waals surface area contributed by atoms with E-state index < -0.39 is 0 Å². The highest BCUT2D eigenvalue weighted by atomic mass is 14.3. The summed E-state index contributed by atoms with van der Waals surface area (Å²) in [7, 11) is 0. The third-order valence-corrected chi connectivity index (χ3v) is 2.40. The predicted molar refractivity (Wildman–Crippen MR) is 67.4 cm³/mol. The Labute approximate surface area is 92.3 Å². The predicted octanol–water partition coefficient (Wildman–Crippen LogP) is 3.94. The molecule has 0 aromatic heterocycles. The van der Waals surface area contributed by atoms with E-state index >= 15 is 0 Å². The van der Waals surface area contributed by atoms with E-state index in [-0.39, 0.29) is 0 Å². The molecule has 0 saturated carbocycles. The normalized spacial score (nSPS) is 11.9. The van der Waals surface area contributed by atoms with Crippen LogP contribution in [-0.2, 0) is 6.42 Å². The van der Waals surface area contributed by atoms with E-state index in [0.717, 1.165) is 17.6 Å². The molecule has 1 nitrogen and oxygen atoms in total. The molecule has 0 saturated heterocycles. The first-order chi connectivity index (χ1) is 7.17. The van der Waals surface area contributed by atoms with Crippen LogP contribution < -0.4 is 0 Å². The van der Waals surface area contributed by atoms with Gasteiger partial charge in [-0.05, 0) is 36.0 Å². The van der Waals surface area contributed by atoms with Gasteiger partial charge in [0, 0.05) is 6.21 Å². The number of allylic oxidation sites excluding steroid dienone is 2. The maximum atomic E-state index is 7.27. The maximum Gasteiger partial charge on any atom is 0.0253 e. The zero-order valence-corrected chi connectivity index (χ0v) is 9.75. The molecule has 1 heteroatoms. The number of nitrogens with one attached hydrogen (secondary N) is 1. The first kappa shape index (κ1) is 11.7. The van der Waals surface area contributed by atoms with Gasteiger partial charge in [-0.25, -0.2) is 0 Å². The van der Waals surface area contributed by atoms with Gasteiger partial charge in [0.05, 0.1) is 0 Å². The molecule has 0 heterocycles. The van der Waals surface area contributed by atoms with Crippen molar-refractivity contribution in [3.05, 3.63) is 41.5 Å². The lowest BCUT2D eigenvalue weighted by Crippen LogP contribution is -1.94. The highest BCUT2D eigenvalue weighted by molar-refractivity contribution is 6.08. The molecule has 1 N–H and O–H groups in total. The van der Waals surface area contributed by atoms with Crippen molar-refractivity contribution in [2.75, 3.05) is 0 Å². The Kier molecular flexibility index (Phi) is 4.29. The van der Waals surface area contributed by atoms with Crippen molar-refractivity contribution in [2.45, 2.75) is 27.2 Å². The Bertz CT molecular complexity index is 344. The van der Waals surface area contributed by atoms with Crippen molar-refractivity contribution in [1.29, 1.82) is 5.41 Å². The third-order valence-electron chi connectivity index (χ3n) is 2.40. The molecule has 0 unspecified atom stereocenters. The fraction of sp³-hybridized carbons (Fsp3) is 0.357. The zero-order chi connectivity index (χ0) is 11.3. The molecule has 0 fully saturated rings. The van der Waals surface area contributed by atoms with Gasteiger partial charge in [-0.15, -0.1) is 0 Å². The van der Waals surface area contributed by atoms with E-state index in [2.05, 4.69) is 38.1 Å². The summed E-state index contributed by atoms with van der Waals surface area (Å²) in [4.78, 5) is 0. The van der Waals surface area contributed by atoms with E-state index in [4.69, 9.17) is 5.41 Å². The van der Waals surface area contributed by atoms with Gasteiger partial charge in [0.15, 0.2) is 0 Å². The first-order valence-corrected chi connectivity index (χ1v) is 5.43. The Hall–Kier alpha value is -1.37. The van der Waals surface area contributed by atoms with Crippen LogP contribution in [0.4, 0.5) is 0 Å². The highest BCUT2D eigenvalue weighted by Gasteiger charge is 1.99. The Balaban J connectivity index is 2.85. The van der Waals surface area contributed by atoms with Gasteiger partial charge >= 0.3 is 0 Å². The van der Waals surface area contributed by atoms with Crippen molar-refractivity contribution in [1.82, 2.24) is 0 Å². The molecule has 0 bridgehead atoms. The highest BCUT2D eigenvalue weighted by Crippen LogP contribution is 2.15. The molecule has 0 amide bonds. The topological polar surface area (TPSA) is 23.9 Å². The number of benzene rings is 1. The number of hydrogen-bond donors (Lipinski definition) is 1. The molecule has 1 aromatic carbocycles. The summed E-state index contributed by atoms with van der Waals surface area (Å²) in [6, 6.07) is 8.50. The fourth-order valence-electron chi connectivity index (χ4n) is 1.64. The average Bonchev–Trinajstić information content (AvgIpc) is 2.21. The monoisotopic (exact) mass is 201 g/mol.